The molecular formula is C8H16O6P2. The fourth-order valence-electron chi connectivity index (χ4n) is 1.56. The molecule has 0 aliphatic carbocycles. The van der Waals surface area contributed by atoms with Crippen molar-refractivity contribution in [1.29, 1.82) is 0 Å². The Bertz CT molecular complexity index is 291. The Morgan fingerprint density at radius 1 is 0.812 bits per heavy atom. The van der Waals surface area contributed by atoms with E-state index in [2.05, 4.69) is 0 Å². The molecule has 0 aromatic rings. The van der Waals surface area contributed by atoms with Crippen molar-refractivity contribution in [3.63, 3.8) is 0 Å². The van der Waals surface area contributed by atoms with Crippen molar-refractivity contribution < 1.29 is 27.2 Å². The Morgan fingerprint density at radius 3 is 1.44 bits per heavy atom. The third-order valence-electron chi connectivity index (χ3n) is 2.58. The summed E-state index contributed by atoms with van der Waals surface area (Å²) in [7, 11) is -6.70. The van der Waals surface area contributed by atoms with Gasteiger partial charge in [-0.3, -0.25) is 9.13 Å². The number of rotatable bonds is 2. The average Bonchev–Trinajstić information content (AvgIpc) is 2.30. The molecule has 2 saturated heterocycles. The summed E-state index contributed by atoms with van der Waals surface area (Å²) in [6.07, 6.45) is 1.39. The predicted octanol–water partition coefficient (Wildman–Crippen LogP) is 2.59. The van der Waals surface area contributed by atoms with Crippen LogP contribution in [-0.2, 0) is 27.2 Å². The molecule has 0 unspecified atom stereocenters. The highest BCUT2D eigenvalue weighted by Crippen LogP contribution is 2.71. The molecule has 2 aliphatic heterocycles. The first-order chi connectivity index (χ1) is 7.57. The van der Waals surface area contributed by atoms with Gasteiger partial charge in [-0.05, 0) is 19.8 Å². The Labute approximate surface area is 94.7 Å². The smallest absolute Gasteiger partial charge is 0.308 e. The maximum Gasteiger partial charge on any atom is 0.345 e. The zero-order valence-corrected chi connectivity index (χ0v) is 11.0. The van der Waals surface area contributed by atoms with Gasteiger partial charge in [-0.1, -0.05) is 0 Å². The molecule has 2 heterocycles. The fourth-order valence-corrected chi connectivity index (χ4v) is 6.30. The van der Waals surface area contributed by atoms with Crippen LogP contribution in [0.3, 0.4) is 0 Å². The lowest BCUT2D eigenvalue weighted by Crippen LogP contribution is -2.21. The van der Waals surface area contributed by atoms with Gasteiger partial charge in [-0.2, -0.15) is 0 Å². The largest absolute Gasteiger partial charge is 0.345 e. The first-order valence-electron chi connectivity index (χ1n) is 5.34. The van der Waals surface area contributed by atoms with Crippen molar-refractivity contribution in [3.05, 3.63) is 0 Å². The van der Waals surface area contributed by atoms with E-state index in [0.29, 0.717) is 39.3 Å². The van der Waals surface area contributed by atoms with Crippen molar-refractivity contribution in [1.82, 2.24) is 0 Å². The zero-order valence-electron chi connectivity index (χ0n) is 9.16. The second-order valence-corrected chi connectivity index (χ2v) is 8.90. The molecule has 0 N–H and O–H groups in total. The molecule has 0 aromatic carbocycles. The topological polar surface area (TPSA) is 71.1 Å². The summed E-state index contributed by atoms with van der Waals surface area (Å²) in [5.41, 5.74) is 0. The van der Waals surface area contributed by atoms with E-state index in [1.54, 1.807) is 0 Å². The normalized spacial score (nSPS) is 29.1. The highest BCUT2D eigenvalue weighted by atomic mass is 31.2. The van der Waals surface area contributed by atoms with E-state index >= 15 is 0 Å². The number of hydrogen-bond acceptors (Lipinski definition) is 6. The van der Waals surface area contributed by atoms with Crippen LogP contribution < -0.4 is 0 Å². The van der Waals surface area contributed by atoms with Crippen LogP contribution in [0.25, 0.3) is 0 Å². The minimum Gasteiger partial charge on any atom is -0.308 e. The summed E-state index contributed by atoms with van der Waals surface area (Å²) in [4.78, 5) is 0. The molecule has 0 aromatic heterocycles. The highest BCUT2D eigenvalue weighted by Gasteiger charge is 2.49. The Hall–Kier alpha value is 0.300. The predicted molar refractivity (Wildman–Crippen MR) is 57.7 cm³/mol. The average molecular weight is 270 g/mol. The fraction of sp³-hybridized carbons (Fsp3) is 1.00. The van der Waals surface area contributed by atoms with E-state index in [1.165, 1.54) is 6.92 Å². The quantitative estimate of drug-likeness (QED) is 0.718. The molecule has 2 fully saturated rings. The zero-order chi connectivity index (χ0) is 11.6. The van der Waals surface area contributed by atoms with Crippen LogP contribution in [0.2, 0.25) is 0 Å². The van der Waals surface area contributed by atoms with Crippen molar-refractivity contribution in [2.24, 2.45) is 0 Å². The van der Waals surface area contributed by atoms with Crippen LogP contribution in [0.4, 0.5) is 0 Å². The SMILES string of the molecule is CC(P1(=O)OCCCO1)P1(=O)OCCCO1. The molecule has 8 heteroatoms. The lowest BCUT2D eigenvalue weighted by Gasteiger charge is -2.33. The highest BCUT2D eigenvalue weighted by molar-refractivity contribution is 7.72. The summed E-state index contributed by atoms with van der Waals surface area (Å²) in [5.74, 6) is 0. The van der Waals surface area contributed by atoms with Gasteiger partial charge in [0.05, 0.1) is 26.4 Å². The van der Waals surface area contributed by atoms with E-state index in [0.717, 1.165) is 0 Å². The molecule has 0 radical (unpaired) electrons. The van der Waals surface area contributed by atoms with Gasteiger partial charge in [0.25, 0.3) is 0 Å². The third-order valence-corrected chi connectivity index (χ3v) is 8.28. The molecule has 0 atom stereocenters. The molecule has 2 aliphatic rings. The van der Waals surface area contributed by atoms with Crippen molar-refractivity contribution in [2.45, 2.75) is 25.2 Å². The summed E-state index contributed by atoms with van der Waals surface area (Å²) in [6.45, 7) is 2.99. The maximum absolute atomic E-state index is 12.3. The van der Waals surface area contributed by atoms with Gasteiger partial charge < -0.3 is 18.1 Å². The van der Waals surface area contributed by atoms with Crippen LogP contribution in [-0.4, -0.2) is 31.8 Å². The third kappa shape index (κ3) is 2.42. The van der Waals surface area contributed by atoms with Gasteiger partial charge >= 0.3 is 15.2 Å². The van der Waals surface area contributed by atoms with Crippen molar-refractivity contribution in [2.75, 3.05) is 26.4 Å². The molecular weight excluding hydrogens is 254 g/mol. The molecule has 0 bridgehead atoms. The monoisotopic (exact) mass is 270 g/mol. The van der Waals surface area contributed by atoms with Gasteiger partial charge in [0, 0.05) is 0 Å². The van der Waals surface area contributed by atoms with Gasteiger partial charge in [0.15, 0.2) is 5.40 Å². The Kier molecular flexibility index (Phi) is 3.89. The van der Waals surface area contributed by atoms with Crippen LogP contribution >= 0.6 is 15.2 Å². The van der Waals surface area contributed by atoms with E-state index in [1.807, 2.05) is 0 Å². The lowest BCUT2D eigenvalue weighted by molar-refractivity contribution is 0.127. The van der Waals surface area contributed by atoms with E-state index < -0.39 is 20.6 Å². The van der Waals surface area contributed by atoms with E-state index in [-0.39, 0.29) is 0 Å². The van der Waals surface area contributed by atoms with Gasteiger partial charge in [0.1, 0.15) is 0 Å². The van der Waals surface area contributed by atoms with Gasteiger partial charge in [-0.15, -0.1) is 0 Å². The second-order valence-electron chi connectivity index (χ2n) is 3.75. The maximum atomic E-state index is 12.3. The minimum absolute atomic E-state index is 0.363. The van der Waals surface area contributed by atoms with Crippen LogP contribution in [0, 0.1) is 0 Å². The first-order valence-corrected chi connectivity index (χ1v) is 8.57. The van der Waals surface area contributed by atoms with Crippen LogP contribution in [0.15, 0.2) is 0 Å². The van der Waals surface area contributed by atoms with Crippen LogP contribution in [0.1, 0.15) is 19.8 Å². The molecule has 94 valence electrons. The Morgan fingerprint density at radius 2 is 1.12 bits per heavy atom. The molecule has 2 rings (SSSR count). The summed E-state index contributed by atoms with van der Waals surface area (Å²) < 4.78 is 45.1. The Balaban J connectivity index is 2.13. The summed E-state index contributed by atoms with van der Waals surface area (Å²) >= 11 is 0. The van der Waals surface area contributed by atoms with Gasteiger partial charge in [0.2, 0.25) is 0 Å². The molecule has 0 amide bonds. The second kappa shape index (κ2) is 4.89. The molecule has 6 nitrogen and oxygen atoms in total. The van der Waals surface area contributed by atoms with E-state index in [9.17, 15) is 9.13 Å². The van der Waals surface area contributed by atoms with Gasteiger partial charge in [-0.25, -0.2) is 0 Å². The van der Waals surface area contributed by atoms with Crippen molar-refractivity contribution in [3.8, 4) is 0 Å². The summed E-state index contributed by atoms with van der Waals surface area (Å²) in [5, 5.41) is -0.847. The standard InChI is InChI=1S/C8H16O6P2/c1-8(15(9)11-4-2-5-12-15)16(10)13-6-3-7-14-16/h8H,2-7H2,1H3. The van der Waals surface area contributed by atoms with E-state index in [4.69, 9.17) is 18.1 Å². The molecule has 0 spiro atoms. The first kappa shape index (κ1) is 12.7. The molecule has 0 saturated carbocycles. The summed E-state index contributed by atoms with van der Waals surface area (Å²) in [6, 6.07) is 0. The van der Waals surface area contributed by atoms with Crippen molar-refractivity contribution >= 4 is 15.2 Å². The number of hydrogen-bond donors (Lipinski definition) is 0. The minimum atomic E-state index is -3.35. The van der Waals surface area contributed by atoms with Crippen LogP contribution in [0.5, 0.6) is 0 Å². The molecule has 16 heavy (non-hydrogen) atoms. The lowest BCUT2D eigenvalue weighted by atomic mass is 10.5.